The van der Waals surface area contributed by atoms with E-state index in [4.69, 9.17) is 4.74 Å². The number of phenolic OH excluding ortho intramolecular Hbond substituents is 1. The molecule has 0 aromatic heterocycles. The van der Waals surface area contributed by atoms with Crippen LogP contribution in [-0.2, 0) is 9.59 Å². The lowest BCUT2D eigenvalue weighted by molar-refractivity contribution is -0.132. The van der Waals surface area contributed by atoms with Gasteiger partial charge in [0.25, 0.3) is 11.7 Å². The van der Waals surface area contributed by atoms with Crippen LogP contribution in [0.3, 0.4) is 0 Å². The average Bonchev–Trinajstić information content (AvgIpc) is 3.13. The fourth-order valence-electron chi connectivity index (χ4n) is 4.43. The maximum absolute atomic E-state index is 13.3. The van der Waals surface area contributed by atoms with E-state index in [-0.39, 0.29) is 22.8 Å². The normalized spacial score (nSPS) is 17.3. The van der Waals surface area contributed by atoms with Crippen LogP contribution in [0.15, 0.2) is 96.6 Å². The molecule has 0 aliphatic carbocycles. The van der Waals surface area contributed by atoms with E-state index in [1.54, 1.807) is 54.6 Å². The molecule has 6 heteroatoms. The van der Waals surface area contributed by atoms with Crippen LogP contribution < -0.4 is 9.64 Å². The van der Waals surface area contributed by atoms with Crippen LogP contribution in [0.1, 0.15) is 17.2 Å². The van der Waals surface area contributed by atoms with E-state index in [2.05, 4.69) is 0 Å². The number of phenols is 1. The largest absolute Gasteiger partial charge is 0.507 e. The van der Waals surface area contributed by atoms with E-state index in [0.717, 1.165) is 10.8 Å². The van der Waals surface area contributed by atoms with Gasteiger partial charge in [0.15, 0.2) is 0 Å². The third-order valence-electron chi connectivity index (χ3n) is 6.04. The number of aromatic hydroxyl groups is 1. The number of hydrogen-bond donors (Lipinski definition) is 2. The quantitative estimate of drug-likeness (QED) is 0.254. The van der Waals surface area contributed by atoms with Crippen LogP contribution in [0, 0.1) is 0 Å². The highest BCUT2D eigenvalue weighted by Gasteiger charge is 2.48. The first-order valence-electron chi connectivity index (χ1n) is 10.7. The van der Waals surface area contributed by atoms with Gasteiger partial charge in [0.2, 0.25) is 0 Å². The number of aliphatic hydroxyl groups is 1. The van der Waals surface area contributed by atoms with Crippen molar-refractivity contribution in [3.8, 4) is 11.5 Å². The highest BCUT2D eigenvalue weighted by Crippen LogP contribution is 2.46. The Morgan fingerprint density at radius 1 is 0.853 bits per heavy atom. The summed E-state index contributed by atoms with van der Waals surface area (Å²) in [6, 6.07) is 25.3. The number of nitrogens with zero attached hydrogens (tertiary/aromatic N) is 1. The number of rotatable bonds is 4. The van der Waals surface area contributed by atoms with Gasteiger partial charge in [-0.15, -0.1) is 0 Å². The zero-order valence-corrected chi connectivity index (χ0v) is 18.3. The van der Waals surface area contributed by atoms with Crippen molar-refractivity contribution in [1.29, 1.82) is 0 Å². The monoisotopic (exact) mass is 451 g/mol. The lowest BCUT2D eigenvalue weighted by Gasteiger charge is -2.27. The summed E-state index contributed by atoms with van der Waals surface area (Å²) in [6.45, 7) is 0. The van der Waals surface area contributed by atoms with E-state index in [1.165, 1.54) is 18.1 Å². The molecule has 6 nitrogen and oxygen atoms in total. The summed E-state index contributed by atoms with van der Waals surface area (Å²) in [5.74, 6) is -1.70. The van der Waals surface area contributed by atoms with E-state index < -0.39 is 17.7 Å². The summed E-state index contributed by atoms with van der Waals surface area (Å²) in [5.41, 5.74) is 1.01. The number of fused-ring (bicyclic) bond motifs is 1. The molecule has 4 aromatic rings. The molecule has 5 rings (SSSR count). The topological polar surface area (TPSA) is 87.1 Å². The molecule has 1 atom stereocenters. The number of benzene rings is 4. The van der Waals surface area contributed by atoms with Gasteiger partial charge in [0, 0.05) is 11.1 Å². The Hall–Kier alpha value is -4.58. The minimum atomic E-state index is -1.00. The Labute approximate surface area is 196 Å². The number of ether oxygens (including phenoxy) is 1. The van der Waals surface area contributed by atoms with Crippen LogP contribution in [0.4, 0.5) is 5.69 Å². The second-order valence-corrected chi connectivity index (χ2v) is 7.96. The van der Waals surface area contributed by atoms with Gasteiger partial charge in [-0.05, 0) is 35.0 Å². The molecule has 168 valence electrons. The summed E-state index contributed by atoms with van der Waals surface area (Å²) in [5, 5.41) is 23.8. The second kappa shape index (κ2) is 8.41. The molecule has 1 aliphatic rings. The molecule has 0 spiro atoms. The Kier molecular flexibility index (Phi) is 5.26. The number of amides is 1. The van der Waals surface area contributed by atoms with E-state index in [0.29, 0.717) is 16.9 Å². The van der Waals surface area contributed by atoms with E-state index >= 15 is 0 Å². The molecule has 0 saturated carbocycles. The number of anilines is 1. The predicted octanol–water partition coefficient (Wildman–Crippen LogP) is 5.18. The fraction of sp³-hybridized carbons (Fsp3) is 0.0714. The summed E-state index contributed by atoms with van der Waals surface area (Å²) in [6.07, 6.45) is 0. The number of ketones is 1. The molecule has 1 unspecified atom stereocenters. The van der Waals surface area contributed by atoms with Crippen LogP contribution in [-0.4, -0.2) is 29.0 Å². The molecule has 2 N–H and O–H groups in total. The van der Waals surface area contributed by atoms with Crippen molar-refractivity contribution in [2.75, 3.05) is 12.0 Å². The van der Waals surface area contributed by atoms with E-state index in [9.17, 15) is 19.8 Å². The van der Waals surface area contributed by atoms with Crippen molar-refractivity contribution < 1.29 is 24.5 Å². The van der Waals surface area contributed by atoms with Crippen molar-refractivity contribution in [3.05, 3.63) is 108 Å². The van der Waals surface area contributed by atoms with Gasteiger partial charge in [0.05, 0.1) is 24.4 Å². The van der Waals surface area contributed by atoms with Crippen molar-refractivity contribution in [2.45, 2.75) is 6.04 Å². The van der Waals surface area contributed by atoms with Crippen LogP contribution in [0.2, 0.25) is 0 Å². The zero-order chi connectivity index (χ0) is 23.8. The standard InChI is InChI=1S/C28H21NO5/c1-34-23-13-7-4-10-20(23)25-24(26(31)19-15-14-17-8-2-3-9-18(17)16-19)27(32)28(33)29(25)21-11-5-6-12-22(21)30/h2-16,25,30-31H,1H3/b26-24+. The molecule has 0 bridgehead atoms. The van der Waals surface area contributed by atoms with Crippen LogP contribution >= 0.6 is 0 Å². The second-order valence-electron chi connectivity index (χ2n) is 7.96. The Morgan fingerprint density at radius 2 is 1.53 bits per heavy atom. The molecule has 34 heavy (non-hydrogen) atoms. The number of methoxy groups -OCH3 is 1. The lowest BCUT2D eigenvalue weighted by atomic mass is 9.93. The molecular weight excluding hydrogens is 430 g/mol. The minimum Gasteiger partial charge on any atom is -0.507 e. The van der Waals surface area contributed by atoms with Crippen molar-refractivity contribution >= 4 is 33.9 Å². The minimum absolute atomic E-state index is 0.0759. The van der Waals surface area contributed by atoms with Gasteiger partial charge in [-0.2, -0.15) is 0 Å². The van der Waals surface area contributed by atoms with Crippen molar-refractivity contribution in [2.24, 2.45) is 0 Å². The fourth-order valence-corrected chi connectivity index (χ4v) is 4.43. The molecule has 1 saturated heterocycles. The Balaban J connectivity index is 1.78. The molecule has 1 fully saturated rings. The molecule has 1 heterocycles. The van der Waals surface area contributed by atoms with Crippen LogP contribution in [0.5, 0.6) is 11.5 Å². The maximum Gasteiger partial charge on any atom is 0.300 e. The number of carbonyl (C=O) groups excluding carboxylic acids is 2. The number of Topliss-reactive ketones (excluding diaryl/α,β-unsaturated/α-hetero) is 1. The highest BCUT2D eigenvalue weighted by molar-refractivity contribution is 6.52. The molecule has 1 aliphatic heterocycles. The number of carbonyl (C=O) groups is 2. The maximum atomic E-state index is 13.3. The van der Waals surface area contributed by atoms with Gasteiger partial charge in [-0.3, -0.25) is 14.5 Å². The first-order valence-corrected chi connectivity index (χ1v) is 10.7. The predicted molar refractivity (Wildman–Crippen MR) is 130 cm³/mol. The Morgan fingerprint density at radius 3 is 2.29 bits per heavy atom. The highest BCUT2D eigenvalue weighted by atomic mass is 16.5. The van der Waals surface area contributed by atoms with Crippen molar-refractivity contribution in [1.82, 2.24) is 0 Å². The van der Waals surface area contributed by atoms with Gasteiger partial charge in [-0.25, -0.2) is 0 Å². The number of hydrogen-bond acceptors (Lipinski definition) is 5. The van der Waals surface area contributed by atoms with Gasteiger partial charge < -0.3 is 14.9 Å². The van der Waals surface area contributed by atoms with E-state index in [1.807, 2.05) is 30.3 Å². The SMILES string of the molecule is COc1ccccc1C1/C(=C(\O)c2ccc3ccccc3c2)C(=O)C(=O)N1c1ccccc1O. The molecule has 0 radical (unpaired) electrons. The zero-order valence-electron chi connectivity index (χ0n) is 18.3. The number of aliphatic hydroxyl groups excluding tert-OH is 1. The lowest BCUT2D eigenvalue weighted by Crippen LogP contribution is -2.29. The smallest absolute Gasteiger partial charge is 0.300 e. The third-order valence-corrected chi connectivity index (χ3v) is 6.04. The molecular formula is C28H21NO5. The third kappa shape index (κ3) is 3.36. The Bertz CT molecular complexity index is 1470. The van der Waals surface area contributed by atoms with Crippen molar-refractivity contribution in [3.63, 3.8) is 0 Å². The van der Waals surface area contributed by atoms with Gasteiger partial charge >= 0.3 is 0 Å². The van der Waals surface area contributed by atoms with Gasteiger partial charge in [0.1, 0.15) is 17.3 Å². The number of para-hydroxylation sites is 3. The summed E-state index contributed by atoms with van der Waals surface area (Å²) in [7, 11) is 1.49. The summed E-state index contributed by atoms with van der Waals surface area (Å²) < 4.78 is 5.52. The van der Waals surface area contributed by atoms with Crippen LogP contribution in [0.25, 0.3) is 16.5 Å². The summed E-state index contributed by atoms with van der Waals surface area (Å²) in [4.78, 5) is 27.8. The molecule has 1 amide bonds. The first-order chi connectivity index (χ1) is 16.5. The average molecular weight is 451 g/mol. The first kappa shape index (κ1) is 21.3. The summed E-state index contributed by atoms with van der Waals surface area (Å²) >= 11 is 0. The van der Waals surface area contributed by atoms with Gasteiger partial charge in [-0.1, -0.05) is 66.7 Å². The molecule has 4 aromatic carbocycles.